The molecule has 4 heteroatoms. The van der Waals surface area contributed by atoms with Crippen LogP contribution in [0.4, 0.5) is 0 Å². The Morgan fingerprint density at radius 3 is 2.50 bits per heavy atom. The van der Waals surface area contributed by atoms with Crippen LogP contribution in [0.5, 0.6) is 0 Å². The smallest absolute Gasteiger partial charge is 0.0980 e. The molecular formula is C8H16O4. The van der Waals surface area contributed by atoms with E-state index in [4.69, 9.17) is 10.2 Å². The Kier molecular flexibility index (Phi) is 2.73. The van der Waals surface area contributed by atoms with Crippen molar-refractivity contribution in [3.05, 3.63) is 0 Å². The highest BCUT2D eigenvalue weighted by atomic mass is 16.4. The van der Waals surface area contributed by atoms with Gasteiger partial charge in [0, 0.05) is 18.9 Å². The lowest BCUT2D eigenvalue weighted by Gasteiger charge is -2.50. The van der Waals surface area contributed by atoms with Crippen molar-refractivity contribution >= 4 is 0 Å². The maximum Gasteiger partial charge on any atom is 0.0980 e. The third-order valence-electron chi connectivity index (χ3n) is 2.88. The summed E-state index contributed by atoms with van der Waals surface area (Å²) in [7, 11) is 0. The van der Waals surface area contributed by atoms with E-state index in [1.165, 1.54) is 0 Å². The molecule has 1 saturated carbocycles. The van der Waals surface area contributed by atoms with Crippen LogP contribution >= 0.6 is 0 Å². The summed E-state index contributed by atoms with van der Waals surface area (Å²) in [6.45, 7) is 1.54. The molecule has 0 heterocycles. The first-order chi connectivity index (χ1) is 5.52. The highest BCUT2D eigenvalue weighted by Crippen LogP contribution is 2.41. The highest BCUT2D eigenvalue weighted by molar-refractivity contribution is 5.04. The van der Waals surface area contributed by atoms with Crippen LogP contribution in [-0.2, 0) is 0 Å². The monoisotopic (exact) mass is 176 g/mol. The average Bonchev–Trinajstić information content (AvgIpc) is 2.04. The molecule has 0 spiro atoms. The quantitative estimate of drug-likeness (QED) is 0.438. The van der Waals surface area contributed by atoms with Crippen LogP contribution in [0.1, 0.15) is 19.8 Å². The normalized spacial score (nSPS) is 43.8. The van der Waals surface area contributed by atoms with Gasteiger partial charge in [0.15, 0.2) is 0 Å². The SMILES string of the molecule is CC1C(O)CC1(O)C(O)CCO. The molecule has 0 aliphatic heterocycles. The van der Waals surface area contributed by atoms with Crippen molar-refractivity contribution in [1.82, 2.24) is 0 Å². The maximum absolute atomic E-state index is 9.73. The molecule has 4 N–H and O–H groups in total. The minimum atomic E-state index is -1.19. The van der Waals surface area contributed by atoms with Crippen molar-refractivity contribution in [1.29, 1.82) is 0 Å². The van der Waals surface area contributed by atoms with Crippen LogP contribution in [0.2, 0.25) is 0 Å². The van der Waals surface area contributed by atoms with E-state index >= 15 is 0 Å². The van der Waals surface area contributed by atoms with Gasteiger partial charge in [-0.05, 0) is 6.42 Å². The van der Waals surface area contributed by atoms with Crippen LogP contribution in [0, 0.1) is 5.92 Å². The Morgan fingerprint density at radius 1 is 1.58 bits per heavy atom. The molecule has 1 rings (SSSR count). The third-order valence-corrected chi connectivity index (χ3v) is 2.88. The lowest BCUT2D eigenvalue weighted by molar-refractivity contribution is -0.220. The van der Waals surface area contributed by atoms with E-state index < -0.39 is 17.8 Å². The van der Waals surface area contributed by atoms with E-state index in [0.717, 1.165) is 0 Å². The number of rotatable bonds is 3. The first-order valence-corrected chi connectivity index (χ1v) is 4.21. The predicted molar refractivity (Wildman–Crippen MR) is 42.4 cm³/mol. The largest absolute Gasteiger partial charge is 0.396 e. The number of aliphatic hydroxyl groups excluding tert-OH is 3. The molecule has 4 unspecified atom stereocenters. The van der Waals surface area contributed by atoms with Gasteiger partial charge in [0.1, 0.15) is 0 Å². The Bertz CT molecular complexity index is 161. The molecular weight excluding hydrogens is 160 g/mol. The van der Waals surface area contributed by atoms with Crippen LogP contribution in [0.3, 0.4) is 0 Å². The van der Waals surface area contributed by atoms with Gasteiger partial charge in [0.05, 0.1) is 17.8 Å². The van der Waals surface area contributed by atoms with Crippen molar-refractivity contribution in [2.24, 2.45) is 5.92 Å². The van der Waals surface area contributed by atoms with Crippen LogP contribution in [0.15, 0.2) is 0 Å². The fourth-order valence-corrected chi connectivity index (χ4v) is 1.68. The molecule has 1 fully saturated rings. The van der Waals surface area contributed by atoms with Crippen LogP contribution in [0.25, 0.3) is 0 Å². The van der Waals surface area contributed by atoms with Gasteiger partial charge in [-0.25, -0.2) is 0 Å². The van der Waals surface area contributed by atoms with E-state index in [2.05, 4.69) is 0 Å². The van der Waals surface area contributed by atoms with Gasteiger partial charge in [-0.2, -0.15) is 0 Å². The summed E-state index contributed by atoms with van der Waals surface area (Å²) in [5.41, 5.74) is -1.19. The van der Waals surface area contributed by atoms with E-state index in [-0.39, 0.29) is 25.4 Å². The Balaban J connectivity index is 2.50. The molecule has 4 atom stereocenters. The summed E-state index contributed by atoms with van der Waals surface area (Å²) in [4.78, 5) is 0. The molecule has 0 aromatic rings. The van der Waals surface area contributed by atoms with E-state index in [9.17, 15) is 10.2 Å². The summed E-state index contributed by atoms with van der Waals surface area (Å²) in [5, 5.41) is 36.8. The molecule has 0 saturated heterocycles. The summed E-state index contributed by atoms with van der Waals surface area (Å²) in [6, 6.07) is 0. The standard InChI is InChI=1S/C8H16O4/c1-5-6(10)4-8(5,12)7(11)2-3-9/h5-7,9-12H,2-4H2,1H3. The Morgan fingerprint density at radius 2 is 2.17 bits per heavy atom. The van der Waals surface area contributed by atoms with Gasteiger partial charge in [-0.1, -0.05) is 6.92 Å². The number of hydrogen-bond acceptors (Lipinski definition) is 4. The van der Waals surface area contributed by atoms with Gasteiger partial charge in [0.2, 0.25) is 0 Å². The van der Waals surface area contributed by atoms with Crippen molar-refractivity contribution in [2.75, 3.05) is 6.61 Å². The maximum atomic E-state index is 9.73. The van der Waals surface area contributed by atoms with E-state index in [0.29, 0.717) is 0 Å². The zero-order valence-corrected chi connectivity index (χ0v) is 7.14. The molecule has 4 nitrogen and oxygen atoms in total. The van der Waals surface area contributed by atoms with Gasteiger partial charge < -0.3 is 20.4 Å². The second-order valence-corrected chi connectivity index (χ2v) is 3.58. The van der Waals surface area contributed by atoms with Crippen molar-refractivity contribution in [3.63, 3.8) is 0 Å². The minimum absolute atomic E-state index is 0.147. The first-order valence-electron chi connectivity index (χ1n) is 4.21. The average molecular weight is 176 g/mol. The van der Waals surface area contributed by atoms with Crippen LogP contribution < -0.4 is 0 Å². The lowest BCUT2D eigenvalue weighted by Crippen LogP contribution is -2.62. The summed E-state index contributed by atoms with van der Waals surface area (Å²) in [5.74, 6) is -0.306. The highest BCUT2D eigenvalue weighted by Gasteiger charge is 2.53. The van der Waals surface area contributed by atoms with E-state index in [1.54, 1.807) is 6.92 Å². The Hall–Kier alpha value is -0.160. The Labute approximate surface area is 71.5 Å². The number of aliphatic hydroxyl groups is 4. The van der Waals surface area contributed by atoms with Gasteiger partial charge >= 0.3 is 0 Å². The second kappa shape index (κ2) is 3.30. The molecule has 0 bridgehead atoms. The zero-order chi connectivity index (χ0) is 9.35. The summed E-state index contributed by atoms with van der Waals surface area (Å²) < 4.78 is 0. The van der Waals surface area contributed by atoms with Crippen molar-refractivity contribution < 1.29 is 20.4 Å². The topological polar surface area (TPSA) is 80.9 Å². The van der Waals surface area contributed by atoms with Gasteiger partial charge in [-0.15, -0.1) is 0 Å². The molecule has 0 aromatic heterocycles. The summed E-state index contributed by atoms with van der Waals surface area (Å²) in [6.07, 6.45) is -1.09. The van der Waals surface area contributed by atoms with E-state index in [1.807, 2.05) is 0 Å². The predicted octanol–water partition coefficient (Wildman–Crippen LogP) is -1.14. The fraction of sp³-hybridized carbons (Fsp3) is 1.00. The molecule has 12 heavy (non-hydrogen) atoms. The minimum Gasteiger partial charge on any atom is -0.396 e. The van der Waals surface area contributed by atoms with Crippen molar-refractivity contribution in [3.8, 4) is 0 Å². The van der Waals surface area contributed by atoms with Crippen molar-refractivity contribution in [2.45, 2.75) is 37.6 Å². The number of hydrogen-bond donors (Lipinski definition) is 4. The molecule has 0 aromatic carbocycles. The first kappa shape index (κ1) is 9.92. The third kappa shape index (κ3) is 1.35. The molecule has 1 aliphatic rings. The van der Waals surface area contributed by atoms with Gasteiger partial charge in [0.25, 0.3) is 0 Å². The fourth-order valence-electron chi connectivity index (χ4n) is 1.68. The molecule has 1 aliphatic carbocycles. The molecule has 0 radical (unpaired) electrons. The second-order valence-electron chi connectivity index (χ2n) is 3.58. The molecule has 72 valence electrons. The summed E-state index contributed by atoms with van der Waals surface area (Å²) >= 11 is 0. The molecule has 0 amide bonds. The van der Waals surface area contributed by atoms with Gasteiger partial charge in [-0.3, -0.25) is 0 Å². The zero-order valence-electron chi connectivity index (χ0n) is 7.14. The lowest BCUT2D eigenvalue weighted by atomic mass is 9.64. The van der Waals surface area contributed by atoms with Crippen LogP contribution in [-0.4, -0.2) is 44.8 Å².